The van der Waals surface area contributed by atoms with Gasteiger partial charge in [0.25, 0.3) is 0 Å². The van der Waals surface area contributed by atoms with Crippen LogP contribution in [0.1, 0.15) is 39.0 Å². The van der Waals surface area contributed by atoms with Crippen molar-refractivity contribution in [3.63, 3.8) is 0 Å². The SMILES string of the molecule is CCCCOC(=O)N1CCCC(F)(CCN)C1. The standard InChI is InChI=1S/C12H23FN2O2/c1-2-3-9-17-11(16)15-8-4-5-12(13,10-15)6-7-14/h2-10,14H2,1H3. The van der Waals surface area contributed by atoms with Crippen LogP contribution < -0.4 is 5.73 Å². The molecule has 0 saturated carbocycles. The van der Waals surface area contributed by atoms with Gasteiger partial charge in [-0.25, -0.2) is 9.18 Å². The van der Waals surface area contributed by atoms with Gasteiger partial charge in [0, 0.05) is 6.54 Å². The van der Waals surface area contributed by atoms with Crippen LogP contribution in [0.3, 0.4) is 0 Å². The van der Waals surface area contributed by atoms with Crippen LogP contribution in [0.25, 0.3) is 0 Å². The van der Waals surface area contributed by atoms with Crippen molar-refractivity contribution in [2.24, 2.45) is 5.73 Å². The number of amides is 1. The van der Waals surface area contributed by atoms with Crippen LogP contribution in [0.4, 0.5) is 9.18 Å². The number of alkyl halides is 1. The number of hydrogen-bond acceptors (Lipinski definition) is 3. The van der Waals surface area contributed by atoms with E-state index >= 15 is 0 Å². The highest BCUT2D eigenvalue weighted by Crippen LogP contribution is 2.28. The number of unbranched alkanes of at least 4 members (excludes halogenated alkanes) is 1. The molecule has 1 aliphatic heterocycles. The van der Waals surface area contributed by atoms with E-state index < -0.39 is 11.8 Å². The van der Waals surface area contributed by atoms with E-state index in [1.54, 1.807) is 0 Å². The van der Waals surface area contributed by atoms with Gasteiger partial charge in [0.2, 0.25) is 0 Å². The first-order chi connectivity index (χ1) is 8.11. The molecule has 2 N–H and O–H groups in total. The summed E-state index contributed by atoms with van der Waals surface area (Å²) in [5, 5.41) is 0. The van der Waals surface area contributed by atoms with Crippen molar-refractivity contribution in [1.29, 1.82) is 0 Å². The Bertz CT molecular complexity index is 247. The van der Waals surface area contributed by atoms with Crippen molar-refractivity contribution in [3.05, 3.63) is 0 Å². The lowest BCUT2D eigenvalue weighted by Crippen LogP contribution is -2.48. The third-order valence-electron chi connectivity index (χ3n) is 3.10. The maximum atomic E-state index is 14.2. The van der Waals surface area contributed by atoms with Crippen LogP contribution >= 0.6 is 0 Å². The molecule has 1 amide bonds. The molecule has 5 heteroatoms. The monoisotopic (exact) mass is 246 g/mol. The van der Waals surface area contributed by atoms with Gasteiger partial charge in [-0.1, -0.05) is 13.3 Å². The molecule has 4 nitrogen and oxygen atoms in total. The lowest BCUT2D eigenvalue weighted by atomic mass is 9.92. The van der Waals surface area contributed by atoms with E-state index in [0.29, 0.717) is 39.0 Å². The van der Waals surface area contributed by atoms with E-state index in [2.05, 4.69) is 0 Å². The Balaban J connectivity index is 2.40. The Kier molecular flexibility index (Phi) is 5.68. The zero-order valence-electron chi connectivity index (χ0n) is 10.6. The number of rotatable bonds is 5. The van der Waals surface area contributed by atoms with Crippen LogP contribution in [0.15, 0.2) is 0 Å². The second-order valence-corrected chi connectivity index (χ2v) is 4.68. The van der Waals surface area contributed by atoms with E-state index in [4.69, 9.17) is 10.5 Å². The zero-order valence-corrected chi connectivity index (χ0v) is 10.6. The van der Waals surface area contributed by atoms with Crippen LogP contribution in [0, 0.1) is 0 Å². The van der Waals surface area contributed by atoms with E-state index in [-0.39, 0.29) is 6.54 Å². The first kappa shape index (κ1) is 14.2. The summed E-state index contributed by atoms with van der Waals surface area (Å²) in [7, 11) is 0. The maximum absolute atomic E-state index is 14.2. The second-order valence-electron chi connectivity index (χ2n) is 4.68. The summed E-state index contributed by atoms with van der Waals surface area (Å²) < 4.78 is 19.3. The summed E-state index contributed by atoms with van der Waals surface area (Å²) in [5.74, 6) is 0. The number of nitrogens with zero attached hydrogens (tertiary/aromatic N) is 1. The Hall–Kier alpha value is -0.840. The normalized spacial score (nSPS) is 24.8. The molecule has 0 bridgehead atoms. The van der Waals surface area contributed by atoms with E-state index in [0.717, 1.165) is 12.8 Å². The van der Waals surface area contributed by atoms with Crippen LogP contribution in [-0.2, 0) is 4.74 Å². The topological polar surface area (TPSA) is 55.6 Å². The number of halogens is 1. The van der Waals surface area contributed by atoms with Crippen LogP contribution in [0.5, 0.6) is 0 Å². The molecule has 1 atom stereocenters. The fourth-order valence-corrected chi connectivity index (χ4v) is 2.10. The molecule has 0 aliphatic carbocycles. The van der Waals surface area contributed by atoms with Crippen molar-refractivity contribution < 1.29 is 13.9 Å². The molecular weight excluding hydrogens is 223 g/mol. The number of nitrogens with two attached hydrogens (primary N) is 1. The molecule has 1 aliphatic rings. The molecule has 0 radical (unpaired) electrons. The number of ether oxygens (including phenoxy) is 1. The van der Waals surface area contributed by atoms with Gasteiger partial charge in [0.05, 0.1) is 13.2 Å². The van der Waals surface area contributed by atoms with Gasteiger partial charge in [-0.3, -0.25) is 0 Å². The van der Waals surface area contributed by atoms with Crippen molar-refractivity contribution in [3.8, 4) is 0 Å². The minimum Gasteiger partial charge on any atom is -0.449 e. The number of piperidine rings is 1. The predicted octanol–water partition coefficient (Wildman–Crippen LogP) is 2.08. The van der Waals surface area contributed by atoms with Gasteiger partial charge in [-0.05, 0) is 32.2 Å². The van der Waals surface area contributed by atoms with Gasteiger partial charge in [0.1, 0.15) is 5.67 Å². The summed E-state index contributed by atoms with van der Waals surface area (Å²) in [6, 6.07) is 0. The molecule has 1 fully saturated rings. The molecule has 100 valence electrons. The van der Waals surface area contributed by atoms with Gasteiger partial charge in [-0.15, -0.1) is 0 Å². The van der Waals surface area contributed by atoms with Crippen LogP contribution in [0.2, 0.25) is 0 Å². The maximum Gasteiger partial charge on any atom is 0.409 e. The number of likely N-dealkylation sites (tertiary alicyclic amines) is 1. The molecule has 1 unspecified atom stereocenters. The summed E-state index contributed by atoms with van der Waals surface area (Å²) >= 11 is 0. The minimum absolute atomic E-state index is 0.120. The highest BCUT2D eigenvalue weighted by Gasteiger charge is 2.37. The fourth-order valence-electron chi connectivity index (χ4n) is 2.10. The highest BCUT2D eigenvalue weighted by molar-refractivity contribution is 5.67. The summed E-state index contributed by atoms with van der Waals surface area (Å²) in [6.45, 7) is 3.47. The van der Waals surface area contributed by atoms with Gasteiger partial charge >= 0.3 is 6.09 Å². The van der Waals surface area contributed by atoms with Crippen molar-refractivity contribution >= 4 is 6.09 Å². The quantitative estimate of drug-likeness (QED) is 0.756. The lowest BCUT2D eigenvalue weighted by Gasteiger charge is -2.36. The van der Waals surface area contributed by atoms with Crippen molar-refractivity contribution in [2.45, 2.75) is 44.7 Å². The molecule has 1 saturated heterocycles. The molecule has 0 aromatic heterocycles. The first-order valence-electron chi connectivity index (χ1n) is 6.42. The lowest BCUT2D eigenvalue weighted by molar-refractivity contribution is 0.0279. The minimum atomic E-state index is -1.32. The fraction of sp³-hybridized carbons (Fsp3) is 0.917. The van der Waals surface area contributed by atoms with Gasteiger partial charge < -0.3 is 15.4 Å². The Morgan fingerprint density at radius 1 is 1.59 bits per heavy atom. The molecule has 0 aromatic rings. The summed E-state index contributed by atoms with van der Waals surface area (Å²) in [5.41, 5.74) is 4.07. The van der Waals surface area contributed by atoms with Gasteiger partial charge in [-0.2, -0.15) is 0 Å². The largest absolute Gasteiger partial charge is 0.449 e. The van der Waals surface area contributed by atoms with Gasteiger partial charge in [0.15, 0.2) is 0 Å². The van der Waals surface area contributed by atoms with Crippen molar-refractivity contribution in [2.75, 3.05) is 26.2 Å². The molecule has 0 aromatic carbocycles. The number of carbonyl (C=O) groups excluding carboxylic acids is 1. The Morgan fingerprint density at radius 2 is 2.35 bits per heavy atom. The zero-order chi connectivity index (χ0) is 12.7. The second kappa shape index (κ2) is 6.79. The van der Waals surface area contributed by atoms with E-state index in [1.165, 1.54) is 4.90 Å². The third kappa shape index (κ3) is 4.50. The molecule has 1 rings (SSSR count). The average molecular weight is 246 g/mol. The average Bonchev–Trinajstić information content (AvgIpc) is 2.29. The molecule has 0 spiro atoms. The number of carbonyl (C=O) groups is 1. The smallest absolute Gasteiger partial charge is 0.409 e. The molecular formula is C12H23FN2O2. The van der Waals surface area contributed by atoms with Crippen molar-refractivity contribution in [1.82, 2.24) is 4.90 Å². The molecule has 1 heterocycles. The first-order valence-corrected chi connectivity index (χ1v) is 6.42. The number of hydrogen-bond donors (Lipinski definition) is 1. The van der Waals surface area contributed by atoms with E-state index in [1.807, 2.05) is 6.92 Å². The predicted molar refractivity (Wildman–Crippen MR) is 64.6 cm³/mol. The third-order valence-corrected chi connectivity index (χ3v) is 3.10. The Labute approximate surface area is 102 Å². The highest BCUT2D eigenvalue weighted by atomic mass is 19.1. The van der Waals surface area contributed by atoms with Crippen LogP contribution in [-0.4, -0.2) is 42.9 Å². The van der Waals surface area contributed by atoms with E-state index in [9.17, 15) is 9.18 Å². The summed E-state index contributed by atoms with van der Waals surface area (Å²) in [6.07, 6.45) is 2.92. The Morgan fingerprint density at radius 3 is 3.00 bits per heavy atom. The molecule has 17 heavy (non-hydrogen) atoms. The summed E-state index contributed by atoms with van der Waals surface area (Å²) in [4.78, 5) is 13.1.